The number of thiophene rings is 1. The van der Waals surface area contributed by atoms with Gasteiger partial charge in [-0.1, -0.05) is 366 Å². The Labute approximate surface area is 689 Å². The Morgan fingerprint density at radius 1 is 0.312 bits per heavy atom. The molecule has 6 heteroatoms. The number of aliphatic imine (C=N–C) groups is 2. The molecule has 0 saturated carbocycles. The van der Waals surface area contributed by atoms with Crippen molar-refractivity contribution in [2.24, 2.45) is 9.98 Å². The van der Waals surface area contributed by atoms with Crippen LogP contribution in [0.1, 0.15) is 282 Å². The van der Waals surface area contributed by atoms with Crippen molar-refractivity contribution in [1.29, 1.82) is 0 Å². The summed E-state index contributed by atoms with van der Waals surface area (Å²) in [6.45, 7) is 71.9. The lowest BCUT2D eigenvalue weighted by Crippen LogP contribution is -2.30. The van der Waals surface area contributed by atoms with Crippen LogP contribution in [0.15, 0.2) is 204 Å². The number of nitrogens with zero attached hydrogens (tertiary/aromatic N) is 4. The molecule has 5 aliphatic carbocycles. The van der Waals surface area contributed by atoms with Gasteiger partial charge in [0, 0.05) is 49.4 Å². The van der Waals surface area contributed by atoms with Gasteiger partial charge < -0.3 is 0 Å². The van der Waals surface area contributed by atoms with Crippen LogP contribution in [0, 0.1) is 41.5 Å². The summed E-state index contributed by atoms with van der Waals surface area (Å²) in [7, 11) is 0. The van der Waals surface area contributed by atoms with E-state index in [1.807, 2.05) is 148 Å². The van der Waals surface area contributed by atoms with Gasteiger partial charge >= 0.3 is 0 Å². The molecule has 0 radical (unpaired) electrons. The largest absolute Gasteiger partial charge is 0.281 e. The van der Waals surface area contributed by atoms with Crippen LogP contribution in [0.2, 0.25) is 0 Å². The molecule has 0 saturated heterocycles. The van der Waals surface area contributed by atoms with E-state index in [-0.39, 0.29) is 33.7 Å². The quantitative estimate of drug-likeness (QED) is 0.176. The van der Waals surface area contributed by atoms with Crippen molar-refractivity contribution < 1.29 is 0 Å². The van der Waals surface area contributed by atoms with Gasteiger partial charge in [0.1, 0.15) is 17.1 Å². The molecule has 0 spiro atoms. The van der Waals surface area contributed by atoms with E-state index in [0.717, 1.165) is 11.0 Å². The van der Waals surface area contributed by atoms with Crippen molar-refractivity contribution in [1.82, 2.24) is 8.75 Å². The van der Waals surface area contributed by atoms with Crippen LogP contribution in [-0.2, 0) is 21.7 Å². The van der Waals surface area contributed by atoms with E-state index in [9.17, 15) is 0 Å². The Balaban J connectivity index is 0.000000251. The van der Waals surface area contributed by atoms with Crippen LogP contribution in [0.5, 0.6) is 0 Å². The van der Waals surface area contributed by atoms with Crippen LogP contribution in [0.25, 0.3) is 88.8 Å². The highest BCUT2D eigenvalue weighted by Gasteiger charge is 2.40. The van der Waals surface area contributed by atoms with Gasteiger partial charge in [-0.05, 0) is 214 Å². The maximum absolute atomic E-state index is 4.76. The zero-order chi connectivity index (χ0) is 83.9. The lowest BCUT2D eigenvalue weighted by Gasteiger charge is -2.30. The van der Waals surface area contributed by atoms with E-state index in [0.29, 0.717) is 0 Å². The molecule has 112 heavy (non-hydrogen) atoms. The van der Waals surface area contributed by atoms with Crippen LogP contribution in [0.3, 0.4) is 0 Å². The van der Waals surface area contributed by atoms with Gasteiger partial charge in [-0.15, -0.1) is 11.3 Å². The standard InChI is InChI=1S/C25H24N2.C23H20N2S.C21H20S.C19H20.9C2H6/c1-15-5-8-19-20-10-7-17(14-22(20)25(3,4)21(19)13-15)18-9-6-16(2)23-24(18)27-12-11-26-23;1-13-5-8-17-18-10-7-15(12-20(18)23(3,4)19(17)11-13)16-9-6-14(2)21-22(16)25-26-24-21;1-13-5-8-16-17-9-7-15(20-10-6-14(2)22-20)12-19(17)21(3,4)18(16)11-13;1-5-6-14-8-10-16-15-9-7-13(2)11-17(15)19(3,4)18(16)12-14;9*1-2/h5-14,23-24H,1-4H3;5-12H,1-4H3;5-12H,1-4H3;5-12H,1-4H3;9*1-2H3/b;;;6-5+;;;;;;;;;. The van der Waals surface area contributed by atoms with E-state index in [1.165, 1.54) is 177 Å². The molecule has 1 aliphatic heterocycles. The zero-order valence-corrected chi connectivity index (χ0v) is 77.0. The maximum atomic E-state index is 4.76. The molecule has 2 aromatic heterocycles. The first-order valence-electron chi connectivity index (χ1n) is 42.3. The fourth-order valence-corrected chi connectivity index (χ4v) is 17.2. The Hall–Kier alpha value is -8.94. The van der Waals surface area contributed by atoms with Gasteiger partial charge in [0.15, 0.2) is 0 Å². The van der Waals surface area contributed by atoms with Gasteiger partial charge in [0.2, 0.25) is 0 Å². The first kappa shape index (κ1) is 93.7. The van der Waals surface area contributed by atoms with Crippen molar-refractivity contribution >= 4 is 58.2 Å². The molecule has 3 heterocycles. The molecule has 9 aromatic carbocycles. The maximum Gasteiger partial charge on any atom is 0.112 e. The molecular formula is C106H138N4S2. The molecule has 6 aliphatic rings. The summed E-state index contributed by atoms with van der Waals surface area (Å²) in [5.41, 5.74) is 40.1. The van der Waals surface area contributed by atoms with Crippen molar-refractivity contribution in [3.63, 3.8) is 0 Å². The Morgan fingerprint density at radius 3 is 1.04 bits per heavy atom. The third kappa shape index (κ3) is 19.1. The molecule has 594 valence electrons. The minimum Gasteiger partial charge on any atom is -0.281 e. The van der Waals surface area contributed by atoms with Crippen molar-refractivity contribution in [2.75, 3.05) is 0 Å². The SMILES string of the molecule is C/C=C/c1ccc2c(c1)C(C)(C)c1cc(C)ccc1-2.CC.CC.CC.CC.CC.CC.CC.CC.CC.CC1=CC=C(c2ccc3c(c2)C(C)(C)c2cc(C)ccc2-3)C2N=CC=NC12.Cc1ccc2c(c1)C(C)(C)c1cc(-c3ccc(C)c4nsnc34)ccc1-2.Cc1ccc2c(c1)C(C)(C)c1cc(-c3ccc(C)s3)ccc1-2. The topological polar surface area (TPSA) is 50.5 Å². The average molecular weight is 1530 g/mol. The van der Waals surface area contributed by atoms with Crippen LogP contribution >= 0.6 is 23.1 Å². The molecule has 0 amide bonds. The summed E-state index contributed by atoms with van der Waals surface area (Å²) in [5.74, 6) is 0. The summed E-state index contributed by atoms with van der Waals surface area (Å²) in [6.07, 6.45) is 12.4. The van der Waals surface area contributed by atoms with E-state index in [1.54, 1.807) is 0 Å². The number of allylic oxidation sites excluding steroid dienone is 3. The van der Waals surface area contributed by atoms with Crippen LogP contribution in [-0.4, -0.2) is 33.3 Å². The number of hydrogen-bond acceptors (Lipinski definition) is 6. The summed E-state index contributed by atoms with van der Waals surface area (Å²) in [5, 5.41) is 0. The lowest BCUT2D eigenvalue weighted by atomic mass is 9.79. The summed E-state index contributed by atoms with van der Waals surface area (Å²) in [4.78, 5) is 12.2. The van der Waals surface area contributed by atoms with E-state index >= 15 is 0 Å². The van der Waals surface area contributed by atoms with E-state index in [4.69, 9.17) is 4.99 Å². The third-order valence-electron chi connectivity index (χ3n) is 21.2. The van der Waals surface area contributed by atoms with Crippen LogP contribution < -0.4 is 0 Å². The third-order valence-corrected chi connectivity index (χ3v) is 22.7. The first-order valence-corrected chi connectivity index (χ1v) is 43.9. The molecule has 0 N–H and O–H groups in total. The first-order chi connectivity index (χ1) is 53.9. The average Bonchev–Trinajstić information content (AvgIpc) is 1.58. The number of aryl methyl sites for hydroxylation is 6. The molecule has 2 atom stereocenters. The summed E-state index contributed by atoms with van der Waals surface area (Å²) < 4.78 is 9.05. The predicted molar refractivity (Wildman–Crippen MR) is 507 cm³/mol. The summed E-state index contributed by atoms with van der Waals surface area (Å²) in [6, 6.07) is 63.9. The normalized spacial score (nSPS) is 15.2. The molecular weight excluding hydrogens is 1390 g/mol. The molecule has 4 nitrogen and oxygen atoms in total. The van der Waals surface area contributed by atoms with Gasteiger partial charge in [-0.3, -0.25) is 9.98 Å². The zero-order valence-electron chi connectivity index (χ0n) is 75.4. The number of aromatic nitrogens is 2. The van der Waals surface area contributed by atoms with Gasteiger partial charge in [0.25, 0.3) is 0 Å². The second-order valence-corrected chi connectivity index (χ2v) is 30.9. The highest BCUT2D eigenvalue weighted by Crippen LogP contribution is 2.54. The van der Waals surface area contributed by atoms with Gasteiger partial charge in [-0.25, -0.2) is 0 Å². The Kier molecular flexibility index (Phi) is 35.3. The minimum atomic E-state index is 0.0107. The van der Waals surface area contributed by atoms with Crippen molar-refractivity contribution in [2.45, 2.75) is 269 Å². The molecule has 17 rings (SSSR count). The lowest BCUT2D eigenvalue weighted by molar-refractivity contribution is 0.658. The molecule has 0 bridgehead atoms. The second-order valence-electron chi connectivity index (χ2n) is 29.1. The summed E-state index contributed by atoms with van der Waals surface area (Å²) >= 11 is 3.17. The highest BCUT2D eigenvalue weighted by molar-refractivity contribution is 7.15. The predicted octanol–water partition coefficient (Wildman–Crippen LogP) is 32.7. The van der Waals surface area contributed by atoms with Gasteiger partial charge in [-0.2, -0.15) is 8.75 Å². The second kappa shape index (κ2) is 42.3. The minimum absolute atomic E-state index is 0.0107. The van der Waals surface area contributed by atoms with Gasteiger partial charge in [0.05, 0.1) is 17.8 Å². The highest BCUT2D eigenvalue weighted by atomic mass is 32.1. The van der Waals surface area contributed by atoms with E-state index in [2.05, 4.69) is 319 Å². The van der Waals surface area contributed by atoms with Crippen molar-refractivity contribution in [3.8, 4) is 66.1 Å². The fraction of sp³-hybridized carbons (Fsp3) is 0.377. The number of benzene rings is 9. The molecule has 2 unspecified atom stereocenters. The number of rotatable bonds is 4. The monoisotopic (exact) mass is 1530 g/mol. The number of fused-ring (bicyclic) bond motifs is 14. The van der Waals surface area contributed by atoms with E-state index < -0.39 is 0 Å². The Bertz CT molecular complexity index is 5080. The molecule has 11 aromatic rings. The number of hydrogen-bond donors (Lipinski definition) is 0. The fourth-order valence-electron chi connectivity index (χ4n) is 15.8. The molecule has 0 fully saturated rings. The smallest absolute Gasteiger partial charge is 0.112 e. The van der Waals surface area contributed by atoms with Crippen molar-refractivity contribution in [3.05, 3.63) is 282 Å². The Morgan fingerprint density at radius 2 is 0.643 bits per heavy atom. The van der Waals surface area contributed by atoms with Crippen LogP contribution in [0.4, 0.5) is 0 Å².